The summed E-state index contributed by atoms with van der Waals surface area (Å²) in [5.74, 6) is 0.0887. The molecule has 98 valence electrons. The monoisotopic (exact) mass is 322 g/mol. The van der Waals surface area contributed by atoms with E-state index in [9.17, 15) is 4.79 Å². The summed E-state index contributed by atoms with van der Waals surface area (Å²) in [7, 11) is 0. The predicted molar refractivity (Wildman–Crippen MR) is 72.7 cm³/mol. The smallest absolute Gasteiger partial charge is 0.339 e. The van der Waals surface area contributed by atoms with Gasteiger partial charge in [0.05, 0.1) is 0 Å². The van der Waals surface area contributed by atoms with Crippen LogP contribution in [0.5, 0.6) is 11.6 Å². The number of carbonyl (C=O) groups is 1. The molecule has 0 aliphatic carbocycles. The van der Waals surface area contributed by atoms with Gasteiger partial charge < -0.3 is 9.84 Å². The Labute approximate surface area is 118 Å². The number of hydrogen-bond donors (Lipinski definition) is 1. The number of benzene rings is 1. The van der Waals surface area contributed by atoms with Crippen LogP contribution in [0.3, 0.4) is 0 Å². The first kappa shape index (κ1) is 13.5. The van der Waals surface area contributed by atoms with Crippen molar-refractivity contribution in [3.05, 3.63) is 45.8 Å². The van der Waals surface area contributed by atoms with Crippen LogP contribution < -0.4 is 4.74 Å². The Bertz CT molecular complexity index is 624. The summed E-state index contributed by atoms with van der Waals surface area (Å²) in [6, 6.07) is 6.43. The van der Waals surface area contributed by atoms with Crippen LogP contribution in [-0.4, -0.2) is 21.0 Å². The highest BCUT2D eigenvalue weighted by atomic mass is 79.9. The second kappa shape index (κ2) is 5.36. The average Bonchev–Trinajstić information content (AvgIpc) is 2.30. The minimum Gasteiger partial charge on any atom is -0.478 e. The second-order valence-corrected chi connectivity index (χ2v) is 4.86. The normalized spacial score (nSPS) is 10.3. The third kappa shape index (κ3) is 3.29. The van der Waals surface area contributed by atoms with E-state index in [1.807, 2.05) is 6.92 Å². The Morgan fingerprint density at radius 2 is 2.00 bits per heavy atom. The molecule has 0 fully saturated rings. The predicted octanol–water partition coefficient (Wildman–Crippen LogP) is 3.35. The van der Waals surface area contributed by atoms with Crippen molar-refractivity contribution in [2.75, 3.05) is 0 Å². The van der Waals surface area contributed by atoms with Gasteiger partial charge in [-0.25, -0.2) is 9.78 Å². The molecule has 19 heavy (non-hydrogen) atoms. The van der Waals surface area contributed by atoms with Gasteiger partial charge in [0.2, 0.25) is 5.88 Å². The molecule has 0 bridgehead atoms. The lowest BCUT2D eigenvalue weighted by molar-refractivity contribution is 0.0694. The van der Waals surface area contributed by atoms with Gasteiger partial charge in [0, 0.05) is 16.2 Å². The maximum Gasteiger partial charge on any atom is 0.339 e. The van der Waals surface area contributed by atoms with Crippen molar-refractivity contribution in [2.45, 2.75) is 13.8 Å². The van der Waals surface area contributed by atoms with Crippen LogP contribution in [0.2, 0.25) is 0 Å². The van der Waals surface area contributed by atoms with Gasteiger partial charge in [-0.1, -0.05) is 15.9 Å². The molecule has 1 N–H and O–H groups in total. The maximum atomic E-state index is 11.2. The summed E-state index contributed by atoms with van der Waals surface area (Å²) >= 11 is 3.23. The molecule has 0 radical (unpaired) electrons. The molecule has 0 saturated carbocycles. The topological polar surface area (TPSA) is 72.3 Å². The Kier molecular flexibility index (Phi) is 3.80. The number of rotatable bonds is 3. The number of aromatic carboxylic acids is 1. The highest BCUT2D eigenvalue weighted by molar-refractivity contribution is 9.10. The lowest BCUT2D eigenvalue weighted by Gasteiger charge is -2.09. The van der Waals surface area contributed by atoms with Gasteiger partial charge in [0.1, 0.15) is 17.1 Å². The molecule has 0 spiro atoms. The van der Waals surface area contributed by atoms with E-state index in [1.165, 1.54) is 6.07 Å². The van der Waals surface area contributed by atoms with Crippen LogP contribution in [0.1, 0.15) is 21.9 Å². The molecule has 0 aliphatic heterocycles. The van der Waals surface area contributed by atoms with Gasteiger partial charge in [-0.3, -0.25) is 0 Å². The van der Waals surface area contributed by atoms with Crippen molar-refractivity contribution >= 4 is 21.9 Å². The number of hydrogen-bond acceptors (Lipinski definition) is 4. The van der Waals surface area contributed by atoms with E-state index in [0.29, 0.717) is 16.2 Å². The summed E-state index contributed by atoms with van der Waals surface area (Å²) in [4.78, 5) is 19.4. The van der Waals surface area contributed by atoms with E-state index in [1.54, 1.807) is 25.1 Å². The van der Waals surface area contributed by atoms with Crippen LogP contribution in [0.25, 0.3) is 0 Å². The number of ether oxygens (including phenoxy) is 1. The molecule has 0 unspecified atom stereocenters. The molecular weight excluding hydrogens is 312 g/mol. The number of aryl methyl sites for hydroxylation is 2. The van der Waals surface area contributed by atoms with Crippen molar-refractivity contribution in [3.63, 3.8) is 0 Å². The molecule has 5 nitrogen and oxygen atoms in total. The van der Waals surface area contributed by atoms with E-state index < -0.39 is 5.97 Å². The first-order valence-corrected chi connectivity index (χ1v) is 6.28. The van der Waals surface area contributed by atoms with E-state index in [0.717, 1.165) is 5.69 Å². The largest absolute Gasteiger partial charge is 0.478 e. The molecule has 0 amide bonds. The van der Waals surface area contributed by atoms with Crippen molar-refractivity contribution in [2.24, 2.45) is 0 Å². The molecular formula is C13H11BrN2O3. The van der Waals surface area contributed by atoms with Gasteiger partial charge in [-0.15, -0.1) is 0 Å². The average molecular weight is 323 g/mol. The molecule has 1 heterocycles. The molecule has 2 rings (SSSR count). The van der Waals surface area contributed by atoms with E-state index in [2.05, 4.69) is 25.9 Å². The fourth-order valence-electron chi connectivity index (χ4n) is 1.61. The van der Waals surface area contributed by atoms with Gasteiger partial charge in [-0.2, -0.15) is 4.98 Å². The zero-order valence-electron chi connectivity index (χ0n) is 10.3. The van der Waals surface area contributed by atoms with E-state index in [4.69, 9.17) is 9.84 Å². The van der Waals surface area contributed by atoms with Crippen molar-refractivity contribution < 1.29 is 14.6 Å². The minimum absolute atomic E-state index is 0.0725. The highest BCUT2D eigenvalue weighted by Gasteiger charge is 2.13. The van der Waals surface area contributed by atoms with Crippen LogP contribution in [0.15, 0.2) is 28.7 Å². The Morgan fingerprint density at radius 3 is 2.63 bits per heavy atom. The number of carboxylic acids is 1. The maximum absolute atomic E-state index is 11.2. The molecule has 0 aliphatic rings. The van der Waals surface area contributed by atoms with Crippen LogP contribution in [0.4, 0.5) is 0 Å². The Morgan fingerprint density at radius 1 is 1.26 bits per heavy atom. The fraction of sp³-hybridized carbons (Fsp3) is 0.154. The zero-order chi connectivity index (χ0) is 14.0. The lowest BCUT2D eigenvalue weighted by Crippen LogP contribution is -2.02. The number of nitrogens with zero attached hydrogens (tertiary/aromatic N) is 2. The van der Waals surface area contributed by atoms with Gasteiger partial charge in [0.15, 0.2) is 0 Å². The standard InChI is InChI=1S/C13H11BrN2O3/c1-7-5-12(16-8(2)15-7)19-11-4-3-9(14)6-10(11)13(17)18/h3-6H,1-2H3,(H,17,18). The molecule has 2 aromatic rings. The van der Waals surface area contributed by atoms with Crippen LogP contribution >= 0.6 is 15.9 Å². The molecule has 0 atom stereocenters. The third-order valence-corrected chi connectivity index (χ3v) is 2.82. The quantitative estimate of drug-likeness (QED) is 0.938. The summed E-state index contributed by atoms with van der Waals surface area (Å²) in [5, 5.41) is 9.14. The van der Waals surface area contributed by atoms with E-state index in [-0.39, 0.29) is 11.3 Å². The van der Waals surface area contributed by atoms with Crippen molar-refractivity contribution in [3.8, 4) is 11.6 Å². The van der Waals surface area contributed by atoms with Crippen LogP contribution in [-0.2, 0) is 0 Å². The summed E-state index contributed by atoms with van der Waals surface area (Å²) < 4.78 is 6.21. The third-order valence-electron chi connectivity index (χ3n) is 2.33. The van der Waals surface area contributed by atoms with Gasteiger partial charge >= 0.3 is 5.97 Å². The van der Waals surface area contributed by atoms with Crippen molar-refractivity contribution in [1.82, 2.24) is 9.97 Å². The highest BCUT2D eigenvalue weighted by Crippen LogP contribution is 2.27. The Balaban J connectivity index is 2.40. The SMILES string of the molecule is Cc1cc(Oc2ccc(Br)cc2C(=O)O)nc(C)n1. The van der Waals surface area contributed by atoms with E-state index >= 15 is 0 Å². The van der Waals surface area contributed by atoms with Crippen molar-refractivity contribution in [1.29, 1.82) is 0 Å². The first-order chi connectivity index (χ1) is 8.95. The Hall–Kier alpha value is -1.95. The fourth-order valence-corrected chi connectivity index (χ4v) is 1.97. The number of halogens is 1. The summed E-state index contributed by atoms with van der Waals surface area (Å²) in [6.45, 7) is 3.57. The molecule has 6 heteroatoms. The summed E-state index contributed by atoms with van der Waals surface area (Å²) in [6.07, 6.45) is 0. The number of aromatic nitrogens is 2. The minimum atomic E-state index is -1.06. The zero-order valence-corrected chi connectivity index (χ0v) is 11.9. The van der Waals surface area contributed by atoms with Gasteiger partial charge in [0.25, 0.3) is 0 Å². The van der Waals surface area contributed by atoms with Crippen LogP contribution in [0, 0.1) is 13.8 Å². The second-order valence-electron chi connectivity index (χ2n) is 3.94. The first-order valence-electron chi connectivity index (χ1n) is 5.48. The molecule has 1 aromatic carbocycles. The number of carboxylic acid groups (broad SMARTS) is 1. The molecule has 0 saturated heterocycles. The lowest BCUT2D eigenvalue weighted by atomic mass is 10.2. The molecule has 1 aromatic heterocycles. The van der Waals surface area contributed by atoms with Gasteiger partial charge in [-0.05, 0) is 32.0 Å². The summed E-state index contributed by atoms with van der Waals surface area (Å²) in [5.41, 5.74) is 0.833.